The maximum Gasteiger partial charge on any atom is 0.255 e. The number of para-hydroxylation sites is 1. The van der Waals surface area contributed by atoms with Crippen molar-refractivity contribution >= 4 is 28.3 Å². The summed E-state index contributed by atoms with van der Waals surface area (Å²) in [4.78, 5) is 28.8. The Labute approximate surface area is 216 Å². The van der Waals surface area contributed by atoms with Crippen LogP contribution in [0.1, 0.15) is 41.3 Å². The van der Waals surface area contributed by atoms with E-state index in [1.54, 1.807) is 24.3 Å². The number of H-pyrrole nitrogens is 1. The molecule has 0 saturated heterocycles. The van der Waals surface area contributed by atoms with Gasteiger partial charge in [0.1, 0.15) is 5.75 Å². The molecule has 1 aromatic heterocycles. The van der Waals surface area contributed by atoms with Crippen LogP contribution < -0.4 is 15.8 Å². The van der Waals surface area contributed by atoms with E-state index in [0.717, 1.165) is 34.0 Å². The van der Waals surface area contributed by atoms with Crippen LogP contribution in [0.2, 0.25) is 0 Å². The van der Waals surface area contributed by atoms with Crippen LogP contribution in [0.4, 0.5) is 0 Å². The van der Waals surface area contributed by atoms with Gasteiger partial charge in [0.15, 0.2) is 5.60 Å². The number of benzene rings is 2. The average molecular weight is 504 g/mol. The highest BCUT2D eigenvalue weighted by Crippen LogP contribution is 2.34. The van der Waals surface area contributed by atoms with Crippen LogP contribution in [0, 0.1) is 0 Å². The van der Waals surface area contributed by atoms with Crippen molar-refractivity contribution in [2.75, 3.05) is 20.3 Å². The SMILES string of the molecule is CCCOc1ccc(C2=CC=CC(OC)(C(N)=O)C2)cc1C(=O)N[C@@H](CO)Cc1c[nH]c2ccccc12. The second-order valence-corrected chi connectivity index (χ2v) is 9.16. The van der Waals surface area contributed by atoms with E-state index >= 15 is 0 Å². The van der Waals surface area contributed by atoms with E-state index in [1.165, 1.54) is 7.11 Å². The Balaban J connectivity index is 1.60. The summed E-state index contributed by atoms with van der Waals surface area (Å²) in [5.41, 5.74) is 8.28. The van der Waals surface area contributed by atoms with Crippen LogP contribution in [-0.4, -0.2) is 53.9 Å². The number of aromatic nitrogens is 1. The van der Waals surface area contributed by atoms with E-state index in [0.29, 0.717) is 24.3 Å². The Bertz CT molecular complexity index is 1340. The van der Waals surface area contributed by atoms with Crippen LogP contribution >= 0.6 is 0 Å². The number of fused-ring (bicyclic) bond motifs is 1. The molecule has 37 heavy (non-hydrogen) atoms. The lowest BCUT2D eigenvalue weighted by molar-refractivity contribution is -0.134. The second kappa shape index (κ2) is 11.5. The maximum absolute atomic E-state index is 13.5. The van der Waals surface area contributed by atoms with Gasteiger partial charge >= 0.3 is 0 Å². The molecule has 0 fully saturated rings. The number of nitrogens with one attached hydrogen (secondary N) is 2. The molecular weight excluding hydrogens is 470 g/mol. The molecule has 8 heteroatoms. The van der Waals surface area contributed by atoms with Crippen molar-refractivity contribution < 1.29 is 24.2 Å². The number of aliphatic hydroxyl groups excluding tert-OH is 1. The lowest BCUT2D eigenvalue weighted by Crippen LogP contribution is -2.44. The van der Waals surface area contributed by atoms with Gasteiger partial charge in [-0.25, -0.2) is 0 Å². The fraction of sp³-hybridized carbons (Fsp3) is 0.310. The van der Waals surface area contributed by atoms with E-state index in [-0.39, 0.29) is 18.9 Å². The van der Waals surface area contributed by atoms with E-state index in [9.17, 15) is 14.7 Å². The predicted octanol–water partition coefficient (Wildman–Crippen LogP) is 3.50. The Hall–Kier alpha value is -3.88. The molecule has 194 valence electrons. The van der Waals surface area contributed by atoms with Crippen LogP contribution in [0.5, 0.6) is 5.75 Å². The summed E-state index contributed by atoms with van der Waals surface area (Å²) in [5, 5.41) is 14.1. The molecule has 1 aliphatic carbocycles. The molecule has 5 N–H and O–H groups in total. The summed E-state index contributed by atoms with van der Waals surface area (Å²) in [6, 6.07) is 12.8. The Morgan fingerprint density at radius 3 is 2.78 bits per heavy atom. The van der Waals surface area contributed by atoms with Crippen LogP contribution in [0.25, 0.3) is 16.5 Å². The molecule has 0 bridgehead atoms. The number of nitrogens with two attached hydrogens (primary N) is 1. The molecule has 2 aromatic carbocycles. The third kappa shape index (κ3) is 5.60. The number of ether oxygens (including phenoxy) is 2. The predicted molar refractivity (Wildman–Crippen MR) is 143 cm³/mol. The van der Waals surface area contributed by atoms with Gasteiger partial charge in [-0.1, -0.05) is 43.3 Å². The molecule has 3 aromatic rings. The normalized spacial score (nSPS) is 17.9. The van der Waals surface area contributed by atoms with Crippen molar-refractivity contribution in [1.82, 2.24) is 10.3 Å². The first-order valence-electron chi connectivity index (χ1n) is 12.4. The lowest BCUT2D eigenvalue weighted by atomic mass is 9.85. The van der Waals surface area contributed by atoms with Crippen LogP contribution in [-0.2, 0) is 16.0 Å². The Morgan fingerprint density at radius 2 is 2.05 bits per heavy atom. The Kier molecular flexibility index (Phi) is 8.11. The molecule has 1 aliphatic rings. The zero-order valence-electron chi connectivity index (χ0n) is 21.1. The van der Waals surface area contributed by atoms with Gasteiger partial charge in [0.05, 0.1) is 24.8 Å². The molecule has 0 aliphatic heterocycles. The maximum atomic E-state index is 13.5. The zero-order valence-corrected chi connectivity index (χ0v) is 21.1. The van der Waals surface area contributed by atoms with Gasteiger partial charge in [-0.3, -0.25) is 9.59 Å². The van der Waals surface area contributed by atoms with Crippen LogP contribution in [0.3, 0.4) is 0 Å². The molecule has 2 atom stereocenters. The van der Waals surface area contributed by atoms with E-state index in [2.05, 4.69) is 10.3 Å². The van der Waals surface area contributed by atoms with Gasteiger partial charge in [0.2, 0.25) is 0 Å². The van der Waals surface area contributed by atoms with Gasteiger partial charge in [-0.2, -0.15) is 0 Å². The summed E-state index contributed by atoms with van der Waals surface area (Å²) in [6.07, 6.45) is 8.64. The number of hydrogen-bond acceptors (Lipinski definition) is 5. The summed E-state index contributed by atoms with van der Waals surface area (Å²) in [5.74, 6) is -0.487. The Morgan fingerprint density at radius 1 is 1.24 bits per heavy atom. The highest BCUT2D eigenvalue weighted by molar-refractivity contribution is 5.98. The van der Waals surface area contributed by atoms with Gasteiger partial charge in [0, 0.05) is 30.6 Å². The van der Waals surface area contributed by atoms with Crippen molar-refractivity contribution in [3.8, 4) is 5.75 Å². The molecule has 2 amide bonds. The molecule has 8 nitrogen and oxygen atoms in total. The summed E-state index contributed by atoms with van der Waals surface area (Å²) in [6.45, 7) is 2.23. The van der Waals surface area contributed by atoms with Crippen LogP contribution in [0.15, 0.2) is 66.9 Å². The zero-order chi connectivity index (χ0) is 26.4. The topological polar surface area (TPSA) is 127 Å². The average Bonchev–Trinajstić information content (AvgIpc) is 3.33. The van der Waals surface area contributed by atoms with Crippen molar-refractivity contribution in [1.29, 1.82) is 0 Å². The number of allylic oxidation sites excluding steroid dienone is 2. The second-order valence-electron chi connectivity index (χ2n) is 9.16. The first kappa shape index (κ1) is 26.2. The van der Waals surface area contributed by atoms with Gasteiger partial charge in [-0.05, 0) is 53.8 Å². The fourth-order valence-electron chi connectivity index (χ4n) is 4.56. The third-order valence-corrected chi connectivity index (χ3v) is 6.65. The minimum absolute atomic E-state index is 0.221. The van der Waals surface area contributed by atoms with Crippen molar-refractivity contribution in [3.05, 3.63) is 83.6 Å². The first-order valence-corrected chi connectivity index (χ1v) is 12.4. The molecular formula is C29H33N3O5. The summed E-state index contributed by atoms with van der Waals surface area (Å²) < 4.78 is 11.3. The van der Waals surface area contributed by atoms with Crippen molar-refractivity contribution in [2.24, 2.45) is 5.73 Å². The number of methoxy groups -OCH3 is 1. The number of carbonyl (C=O) groups excluding carboxylic acids is 2. The smallest absolute Gasteiger partial charge is 0.255 e. The van der Waals surface area contributed by atoms with E-state index < -0.39 is 17.6 Å². The lowest BCUT2D eigenvalue weighted by Gasteiger charge is -2.29. The summed E-state index contributed by atoms with van der Waals surface area (Å²) in [7, 11) is 1.45. The number of aliphatic hydroxyl groups is 1. The first-order chi connectivity index (χ1) is 17.9. The number of carbonyl (C=O) groups is 2. The minimum atomic E-state index is -1.24. The quantitative estimate of drug-likeness (QED) is 0.319. The number of aromatic amines is 1. The standard InChI is InChI=1S/C29H33N3O5/c1-3-13-37-26-11-10-19(20-7-6-12-29(16-20,36-2)28(30)35)15-24(26)27(34)32-22(18-33)14-21-17-31-25-9-5-4-8-23(21)25/h4-12,15,17,22,31,33H,3,13-14,16,18H2,1-2H3,(H2,30,35)(H,32,34)/t22-,29?/m1/s1. The highest BCUT2D eigenvalue weighted by Gasteiger charge is 2.36. The highest BCUT2D eigenvalue weighted by atomic mass is 16.5. The van der Waals surface area contributed by atoms with Crippen molar-refractivity contribution in [3.63, 3.8) is 0 Å². The molecule has 0 radical (unpaired) electrons. The monoisotopic (exact) mass is 503 g/mol. The number of rotatable bonds is 11. The van der Waals surface area contributed by atoms with E-state index in [1.807, 2.05) is 49.5 Å². The number of primary amides is 1. The third-order valence-electron chi connectivity index (χ3n) is 6.65. The number of amides is 2. The van der Waals surface area contributed by atoms with Gasteiger partial charge < -0.3 is 30.6 Å². The van der Waals surface area contributed by atoms with Crippen molar-refractivity contribution in [2.45, 2.75) is 37.8 Å². The molecule has 0 saturated carbocycles. The molecule has 1 unspecified atom stereocenters. The summed E-state index contributed by atoms with van der Waals surface area (Å²) >= 11 is 0. The molecule has 0 spiro atoms. The minimum Gasteiger partial charge on any atom is -0.493 e. The fourth-order valence-corrected chi connectivity index (χ4v) is 4.56. The van der Waals surface area contributed by atoms with E-state index in [4.69, 9.17) is 15.2 Å². The molecule has 4 rings (SSSR count). The number of hydrogen-bond donors (Lipinski definition) is 4. The largest absolute Gasteiger partial charge is 0.493 e. The molecule has 1 heterocycles. The van der Waals surface area contributed by atoms with Gasteiger partial charge in [-0.15, -0.1) is 0 Å². The van der Waals surface area contributed by atoms with Gasteiger partial charge in [0.25, 0.3) is 11.8 Å².